The van der Waals surface area contributed by atoms with E-state index in [0.717, 1.165) is 50.8 Å². The molecular formula is C13H22N4O2S. The Morgan fingerprint density at radius 2 is 2.10 bits per heavy atom. The average Bonchev–Trinajstić information content (AvgIpc) is 2.45. The van der Waals surface area contributed by atoms with Gasteiger partial charge in [-0.1, -0.05) is 6.92 Å². The van der Waals surface area contributed by atoms with Gasteiger partial charge >= 0.3 is 0 Å². The molecule has 1 saturated heterocycles. The van der Waals surface area contributed by atoms with Gasteiger partial charge in [0.15, 0.2) is 0 Å². The normalized spacial score (nSPS) is 17.4. The molecule has 0 aliphatic carbocycles. The summed E-state index contributed by atoms with van der Waals surface area (Å²) < 4.78 is 22.4. The SMILES string of the molecule is CCNCC1CCN(c2ccc(S(N)(=O)=O)cn2)CC1. The number of anilines is 1. The molecule has 0 aromatic carbocycles. The number of sulfonamides is 1. The van der Waals surface area contributed by atoms with Crippen LogP contribution in [0.1, 0.15) is 19.8 Å². The topological polar surface area (TPSA) is 88.3 Å². The first kappa shape index (κ1) is 15.2. The van der Waals surface area contributed by atoms with E-state index in [0.29, 0.717) is 0 Å². The van der Waals surface area contributed by atoms with Gasteiger partial charge in [-0.25, -0.2) is 18.5 Å². The van der Waals surface area contributed by atoms with Crippen molar-refractivity contribution >= 4 is 15.8 Å². The van der Waals surface area contributed by atoms with E-state index in [4.69, 9.17) is 5.14 Å². The lowest BCUT2D eigenvalue weighted by atomic mass is 9.97. The monoisotopic (exact) mass is 298 g/mol. The van der Waals surface area contributed by atoms with Crippen molar-refractivity contribution in [3.8, 4) is 0 Å². The standard InChI is InChI=1S/C13H22N4O2S/c1-2-15-9-11-5-7-17(8-6-11)13-4-3-12(10-16-13)20(14,18)19/h3-4,10-11,15H,2,5-9H2,1H3,(H2,14,18,19). The van der Waals surface area contributed by atoms with Crippen LogP contribution in [0.3, 0.4) is 0 Å². The molecule has 1 aliphatic heterocycles. The lowest BCUT2D eigenvalue weighted by Gasteiger charge is -2.32. The highest BCUT2D eigenvalue weighted by Gasteiger charge is 2.20. The fraction of sp³-hybridized carbons (Fsp3) is 0.615. The molecule has 0 amide bonds. The van der Waals surface area contributed by atoms with Crippen LogP contribution in [-0.2, 0) is 10.0 Å². The largest absolute Gasteiger partial charge is 0.357 e. The zero-order valence-electron chi connectivity index (χ0n) is 11.7. The Balaban J connectivity index is 1.94. The molecule has 0 atom stereocenters. The van der Waals surface area contributed by atoms with Crippen LogP contribution in [0, 0.1) is 5.92 Å². The molecule has 0 spiro atoms. The first-order chi connectivity index (χ1) is 9.50. The van der Waals surface area contributed by atoms with E-state index < -0.39 is 10.0 Å². The Hall–Kier alpha value is -1.18. The minimum atomic E-state index is -3.66. The molecule has 3 N–H and O–H groups in total. The van der Waals surface area contributed by atoms with Crippen molar-refractivity contribution in [1.82, 2.24) is 10.3 Å². The molecule has 1 fully saturated rings. The molecule has 2 rings (SSSR count). The summed E-state index contributed by atoms with van der Waals surface area (Å²) in [7, 11) is -3.66. The van der Waals surface area contributed by atoms with Gasteiger partial charge in [0.05, 0.1) is 0 Å². The van der Waals surface area contributed by atoms with Crippen LogP contribution in [0.5, 0.6) is 0 Å². The van der Waals surface area contributed by atoms with Crippen LogP contribution in [0.2, 0.25) is 0 Å². The number of rotatable bonds is 5. The molecule has 1 aromatic heterocycles. The molecule has 1 aliphatic rings. The van der Waals surface area contributed by atoms with Crippen LogP contribution >= 0.6 is 0 Å². The maximum atomic E-state index is 11.2. The summed E-state index contributed by atoms with van der Waals surface area (Å²) in [5, 5.41) is 8.44. The highest BCUT2D eigenvalue weighted by Crippen LogP contribution is 2.21. The molecule has 0 bridgehead atoms. The third kappa shape index (κ3) is 3.91. The van der Waals surface area contributed by atoms with Crippen LogP contribution in [0.15, 0.2) is 23.2 Å². The number of nitrogens with zero attached hydrogens (tertiary/aromatic N) is 2. The van der Waals surface area contributed by atoms with E-state index in [1.165, 1.54) is 12.3 Å². The average molecular weight is 298 g/mol. The minimum Gasteiger partial charge on any atom is -0.357 e. The zero-order valence-corrected chi connectivity index (χ0v) is 12.6. The van der Waals surface area contributed by atoms with E-state index in [9.17, 15) is 8.42 Å². The summed E-state index contributed by atoms with van der Waals surface area (Å²) in [5.41, 5.74) is 0. The predicted octanol–water partition coefficient (Wildman–Crippen LogP) is 0.555. The van der Waals surface area contributed by atoms with Gasteiger partial charge in [-0.3, -0.25) is 0 Å². The van der Waals surface area contributed by atoms with E-state index in [-0.39, 0.29) is 4.90 Å². The number of hydrogen-bond acceptors (Lipinski definition) is 5. The molecule has 112 valence electrons. The van der Waals surface area contributed by atoms with Gasteiger partial charge in [-0.15, -0.1) is 0 Å². The van der Waals surface area contributed by atoms with Crippen LogP contribution in [0.25, 0.3) is 0 Å². The van der Waals surface area contributed by atoms with Crippen LogP contribution in [-0.4, -0.2) is 39.6 Å². The second-order valence-electron chi connectivity index (χ2n) is 5.14. The molecule has 20 heavy (non-hydrogen) atoms. The fourth-order valence-electron chi connectivity index (χ4n) is 2.44. The second-order valence-corrected chi connectivity index (χ2v) is 6.70. The summed E-state index contributed by atoms with van der Waals surface area (Å²) in [5.74, 6) is 1.54. The number of hydrogen-bond donors (Lipinski definition) is 2. The molecule has 7 heteroatoms. The minimum absolute atomic E-state index is 0.0586. The van der Waals surface area contributed by atoms with Gasteiger partial charge in [0.25, 0.3) is 0 Å². The molecule has 0 saturated carbocycles. The van der Waals surface area contributed by atoms with Gasteiger partial charge in [0, 0.05) is 19.3 Å². The quantitative estimate of drug-likeness (QED) is 0.829. The summed E-state index contributed by atoms with van der Waals surface area (Å²) in [6, 6.07) is 3.24. The van der Waals surface area contributed by atoms with Gasteiger partial charge in [0.1, 0.15) is 10.7 Å². The summed E-state index contributed by atoms with van der Waals surface area (Å²) in [6.07, 6.45) is 3.59. The molecule has 0 radical (unpaired) electrons. The highest BCUT2D eigenvalue weighted by atomic mass is 32.2. The van der Waals surface area contributed by atoms with Crippen LogP contribution in [0.4, 0.5) is 5.82 Å². The number of nitrogens with two attached hydrogens (primary N) is 1. The van der Waals surface area contributed by atoms with Crippen molar-refractivity contribution < 1.29 is 8.42 Å². The van der Waals surface area contributed by atoms with Crippen molar-refractivity contribution in [3.63, 3.8) is 0 Å². The maximum absolute atomic E-state index is 11.2. The number of pyridine rings is 1. The van der Waals surface area contributed by atoms with E-state index in [1.807, 2.05) is 0 Å². The smallest absolute Gasteiger partial charge is 0.239 e. The van der Waals surface area contributed by atoms with E-state index >= 15 is 0 Å². The maximum Gasteiger partial charge on any atom is 0.239 e. The van der Waals surface area contributed by atoms with Gasteiger partial charge in [0.2, 0.25) is 10.0 Å². The Morgan fingerprint density at radius 1 is 1.40 bits per heavy atom. The van der Waals surface area contributed by atoms with Crippen molar-refractivity contribution in [2.45, 2.75) is 24.7 Å². The highest BCUT2D eigenvalue weighted by molar-refractivity contribution is 7.89. The van der Waals surface area contributed by atoms with E-state index in [2.05, 4.69) is 22.1 Å². The Labute approximate surface area is 120 Å². The first-order valence-corrected chi connectivity index (χ1v) is 8.50. The summed E-state index contributed by atoms with van der Waals surface area (Å²) in [4.78, 5) is 6.46. The summed E-state index contributed by atoms with van der Waals surface area (Å²) >= 11 is 0. The summed E-state index contributed by atoms with van der Waals surface area (Å²) in [6.45, 7) is 6.11. The Morgan fingerprint density at radius 3 is 2.60 bits per heavy atom. The Bertz CT molecular complexity index is 522. The van der Waals surface area contributed by atoms with Crippen molar-refractivity contribution in [3.05, 3.63) is 18.3 Å². The number of aromatic nitrogens is 1. The lowest BCUT2D eigenvalue weighted by Crippen LogP contribution is -2.37. The molecule has 2 heterocycles. The Kier molecular flexibility index (Phi) is 4.95. The third-order valence-corrected chi connectivity index (χ3v) is 4.57. The van der Waals surface area contributed by atoms with Crippen molar-refractivity contribution in [1.29, 1.82) is 0 Å². The molecule has 1 aromatic rings. The molecular weight excluding hydrogens is 276 g/mol. The van der Waals surface area contributed by atoms with Gasteiger partial charge in [-0.2, -0.15) is 0 Å². The zero-order chi connectivity index (χ0) is 14.6. The molecule has 6 nitrogen and oxygen atoms in total. The van der Waals surface area contributed by atoms with Crippen molar-refractivity contribution in [2.75, 3.05) is 31.1 Å². The molecule has 0 unspecified atom stereocenters. The lowest BCUT2D eigenvalue weighted by molar-refractivity contribution is 0.385. The van der Waals surface area contributed by atoms with Crippen LogP contribution < -0.4 is 15.4 Å². The first-order valence-electron chi connectivity index (χ1n) is 6.95. The van der Waals surface area contributed by atoms with Gasteiger partial charge in [-0.05, 0) is 44.0 Å². The second kappa shape index (κ2) is 6.51. The number of primary sulfonamides is 1. The van der Waals surface area contributed by atoms with E-state index in [1.54, 1.807) is 6.07 Å². The number of piperidine rings is 1. The van der Waals surface area contributed by atoms with Crippen molar-refractivity contribution in [2.24, 2.45) is 11.1 Å². The third-order valence-electron chi connectivity index (χ3n) is 3.67. The predicted molar refractivity (Wildman–Crippen MR) is 79.1 cm³/mol. The number of nitrogens with one attached hydrogen (secondary N) is 1. The van der Waals surface area contributed by atoms with Gasteiger partial charge < -0.3 is 10.2 Å². The fourth-order valence-corrected chi connectivity index (χ4v) is 2.90.